The number of amides is 1. The van der Waals surface area contributed by atoms with Crippen LogP contribution >= 0.6 is 23.1 Å². The first kappa shape index (κ1) is 27.3. The fraction of sp³-hybridized carbons (Fsp3) is 0.241. The zero-order valence-corrected chi connectivity index (χ0v) is 23.4. The molecule has 3 aromatic carbocycles. The molecule has 1 aromatic heterocycles. The largest absolute Gasteiger partial charge is 0.493 e. The lowest BCUT2D eigenvalue weighted by molar-refractivity contribution is -0.118. The van der Waals surface area contributed by atoms with Crippen LogP contribution < -0.4 is 14.9 Å². The van der Waals surface area contributed by atoms with Crippen LogP contribution in [0.5, 0.6) is 11.5 Å². The van der Waals surface area contributed by atoms with Crippen LogP contribution in [-0.4, -0.2) is 35.2 Å². The zero-order valence-electron chi connectivity index (χ0n) is 21.8. The number of rotatable bonds is 10. The summed E-state index contributed by atoms with van der Waals surface area (Å²) in [5.74, 6) is 1.18. The van der Waals surface area contributed by atoms with Gasteiger partial charge in [0.25, 0.3) is 5.91 Å². The second-order valence-electron chi connectivity index (χ2n) is 9.47. The second kappa shape index (κ2) is 12.7. The van der Waals surface area contributed by atoms with Gasteiger partial charge in [-0.15, -0.1) is 10.2 Å². The molecule has 0 aliphatic carbocycles. The number of nitrogens with zero attached hydrogens (tertiary/aromatic N) is 3. The maximum Gasteiger partial charge on any atom is 0.250 e. The average molecular weight is 547 g/mol. The fourth-order valence-electron chi connectivity index (χ4n) is 3.45. The minimum absolute atomic E-state index is 0.115. The Hall–Kier alpha value is -3.69. The van der Waals surface area contributed by atoms with Gasteiger partial charge >= 0.3 is 0 Å². The molecule has 0 bridgehead atoms. The highest BCUT2D eigenvalue weighted by Gasteiger charge is 2.13. The third-order valence-electron chi connectivity index (χ3n) is 5.56. The van der Waals surface area contributed by atoms with E-state index < -0.39 is 0 Å². The van der Waals surface area contributed by atoms with Crippen molar-refractivity contribution in [1.29, 1.82) is 0 Å². The molecule has 0 aliphatic heterocycles. The first-order valence-electron chi connectivity index (χ1n) is 12.1. The Morgan fingerprint density at radius 1 is 1.03 bits per heavy atom. The number of hydrogen-bond acceptors (Lipinski definition) is 8. The molecule has 0 saturated heterocycles. The maximum atomic E-state index is 12.2. The molecule has 0 aliphatic rings. The summed E-state index contributed by atoms with van der Waals surface area (Å²) >= 11 is 2.78. The summed E-state index contributed by atoms with van der Waals surface area (Å²) in [6.07, 6.45) is 1.57. The van der Waals surface area contributed by atoms with E-state index >= 15 is 0 Å². The van der Waals surface area contributed by atoms with Gasteiger partial charge in [-0.3, -0.25) is 4.79 Å². The molecule has 1 N–H and O–H groups in total. The topological polar surface area (TPSA) is 85.7 Å². The highest BCUT2D eigenvalue weighted by molar-refractivity contribution is 8.01. The molecule has 9 heteroatoms. The average Bonchev–Trinajstić information content (AvgIpc) is 3.40. The summed E-state index contributed by atoms with van der Waals surface area (Å²) in [5.41, 5.74) is 6.80. The molecule has 38 heavy (non-hydrogen) atoms. The van der Waals surface area contributed by atoms with Crippen molar-refractivity contribution in [2.24, 2.45) is 5.10 Å². The Kier molecular flexibility index (Phi) is 9.15. The Labute approximate surface area is 231 Å². The molecule has 4 rings (SSSR count). The highest BCUT2D eigenvalue weighted by Crippen LogP contribution is 2.30. The number of nitrogens with one attached hydrogen (secondary N) is 1. The third kappa shape index (κ3) is 7.66. The van der Waals surface area contributed by atoms with Gasteiger partial charge in [-0.2, -0.15) is 5.10 Å². The molecule has 0 fully saturated rings. The summed E-state index contributed by atoms with van der Waals surface area (Å²) < 4.78 is 12.2. The third-order valence-corrected chi connectivity index (χ3v) is 7.66. The van der Waals surface area contributed by atoms with Gasteiger partial charge in [0, 0.05) is 5.56 Å². The number of thioether (sulfide) groups is 1. The number of hydrazone groups is 1. The highest BCUT2D eigenvalue weighted by atomic mass is 32.2. The van der Waals surface area contributed by atoms with Crippen LogP contribution in [0.4, 0.5) is 0 Å². The predicted molar refractivity (Wildman–Crippen MR) is 154 cm³/mol. The Morgan fingerprint density at radius 2 is 1.79 bits per heavy atom. The zero-order chi connectivity index (χ0) is 27.0. The summed E-state index contributed by atoms with van der Waals surface area (Å²) in [4.78, 5) is 12.2. The van der Waals surface area contributed by atoms with Crippen LogP contribution in [0.3, 0.4) is 0 Å². The number of benzene rings is 3. The SMILES string of the molecule is COc1cc(C=NNC(=O)CSc2nnc(-c3ccccc3)s2)ccc1OCc1ccc(C(C)(C)C)cc1. The van der Waals surface area contributed by atoms with Crippen molar-refractivity contribution in [3.63, 3.8) is 0 Å². The molecule has 1 amide bonds. The molecular formula is C29H30N4O3S2. The number of aromatic nitrogens is 2. The number of carbonyl (C=O) groups excluding carboxylic acids is 1. The minimum atomic E-state index is -0.230. The van der Waals surface area contributed by atoms with E-state index in [2.05, 4.69) is 65.8 Å². The molecule has 0 atom stereocenters. The van der Waals surface area contributed by atoms with Gasteiger partial charge in [-0.25, -0.2) is 5.43 Å². The first-order valence-corrected chi connectivity index (χ1v) is 13.9. The fourth-order valence-corrected chi connectivity index (χ4v) is 5.10. The van der Waals surface area contributed by atoms with Gasteiger partial charge in [-0.1, -0.05) is 98.5 Å². The molecule has 7 nitrogen and oxygen atoms in total. The molecule has 196 valence electrons. The van der Waals surface area contributed by atoms with E-state index in [-0.39, 0.29) is 17.1 Å². The van der Waals surface area contributed by atoms with Crippen LogP contribution in [-0.2, 0) is 16.8 Å². The van der Waals surface area contributed by atoms with Gasteiger partial charge in [0.2, 0.25) is 0 Å². The van der Waals surface area contributed by atoms with Crippen molar-refractivity contribution in [3.05, 3.63) is 89.5 Å². The molecule has 1 heterocycles. The smallest absolute Gasteiger partial charge is 0.250 e. The molecule has 0 spiro atoms. The monoisotopic (exact) mass is 546 g/mol. The lowest BCUT2D eigenvalue weighted by atomic mass is 9.87. The van der Waals surface area contributed by atoms with Crippen molar-refractivity contribution in [1.82, 2.24) is 15.6 Å². The molecular weight excluding hydrogens is 516 g/mol. The summed E-state index contributed by atoms with van der Waals surface area (Å²) in [7, 11) is 1.59. The first-order chi connectivity index (χ1) is 18.3. The van der Waals surface area contributed by atoms with Crippen LogP contribution in [0.1, 0.15) is 37.5 Å². The number of ether oxygens (including phenoxy) is 2. The van der Waals surface area contributed by atoms with Gasteiger partial charge in [-0.05, 0) is 40.3 Å². The summed E-state index contributed by atoms with van der Waals surface area (Å²) in [5, 5.41) is 13.2. The van der Waals surface area contributed by atoms with Crippen LogP contribution in [0, 0.1) is 0 Å². The van der Waals surface area contributed by atoms with Gasteiger partial charge < -0.3 is 9.47 Å². The summed E-state index contributed by atoms with van der Waals surface area (Å²) in [6, 6.07) is 23.8. The van der Waals surface area contributed by atoms with Crippen molar-refractivity contribution >= 4 is 35.2 Å². The van der Waals surface area contributed by atoms with Crippen molar-refractivity contribution in [2.75, 3.05) is 12.9 Å². The predicted octanol–water partition coefficient (Wildman–Crippen LogP) is 6.33. The van der Waals surface area contributed by atoms with Gasteiger partial charge in [0.15, 0.2) is 15.8 Å². The van der Waals surface area contributed by atoms with E-state index in [0.29, 0.717) is 18.1 Å². The Bertz CT molecular complexity index is 1380. The van der Waals surface area contributed by atoms with Crippen molar-refractivity contribution < 1.29 is 14.3 Å². The number of carbonyl (C=O) groups is 1. The summed E-state index contributed by atoms with van der Waals surface area (Å²) in [6.45, 7) is 7.02. The standard InChI is InChI=1S/C29H30N4O3S2/c1-29(2,3)23-13-10-20(11-14-23)18-36-24-15-12-21(16-25(24)35-4)17-30-31-26(34)19-37-28-33-32-27(38-28)22-8-6-5-7-9-22/h5-17H,18-19H2,1-4H3,(H,31,34). The van der Waals surface area contributed by atoms with Gasteiger partial charge in [0.05, 0.1) is 19.1 Å². The van der Waals surface area contributed by atoms with E-state index in [0.717, 1.165) is 26.0 Å². The molecule has 4 aromatic rings. The number of hydrogen-bond donors (Lipinski definition) is 1. The van der Waals surface area contributed by atoms with Crippen molar-refractivity contribution in [3.8, 4) is 22.1 Å². The van der Waals surface area contributed by atoms with E-state index in [4.69, 9.17) is 9.47 Å². The van der Waals surface area contributed by atoms with E-state index in [1.54, 1.807) is 13.3 Å². The van der Waals surface area contributed by atoms with Crippen LogP contribution in [0.15, 0.2) is 82.2 Å². The van der Waals surface area contributed by atoms with E-state index in [1.807, 2.05) is 48.5 Å². The lowest BCUT2D eigenvalue weighted by Gasteiger charge is -2.19. The normalized spacial score (nSPS) is 11.5. The van der Waals surface area contributed by atoms with E-state index in [9.17, 15) is 4.79 Å². The minimum Gasteiger partial charge on any atom is -0.493 e. The lowest BCUT2D eigenvalue weighted by Crippen LogP contribution is -2.19. The second-order valence-corrected chi connectivity index (χ2v) is 11.7. The quantitative estimate of drug-likeness (QED) is 0.142. The van der Waals surface area contributed by atoms with Crippen LogP contribution in [0.2, 0.25) is 0 Å². The Morgan fingerprint density at radius 3 is 2.50 bits per heavy atom. The molecule has 0 saturated carbocycles. The molecule has 0 radical (unpaired) electrons. The molecule has 0 unspecified atom stereocenters. The maximum absolute atomic E-state index is 12.2. The number of methoxy groups -OCH3 is 1. The van der Waals surface area contributed by atoms with E-state index in [1.165, 1.54) is 28.7 Å². The van der Waals surface area contributed by atoms with Crippen molar-refractivity contribution in [2.45, 2.75) is 37.1 Å². The van der Waals surface area contributed by atoms with Crippen LogP contribution in [0.25, 0.3) is 10.6 Å². The Balaban J connectivity index is 1.26. The van der Waals surface area contributed by atoms with Gasteiger partial charge in [0.1, 0.15) is 11.6 Å².